The Labute approximate surface area is 209 Å². The molecule has 13 heteroatoms. The van der Waals surface area contributed by atoms with Gasteiger partial charge in [-0.05, 0) is 55.0 Å². The molecular weight excluding hydrogens is 511 g/mol. The molecule has 0 aliphatic rings. The van der Waals surface area contributed by atoms with Gasteiger partial charge in [0, 0.05) is 0 Å². The lowest BCUT2D eigenvalue weighted by molar-refractivity contribution is -0.112. The molecule has 1 amide bonds. The van der Waals surface area contributed by atoms with Crippen LogP contribution in [0.2, 0.25) is 0 Å². The van der Waals surface area contributed by atoms with Crippen molar-refractivity contribution in [1.29, 1.82) is 5.26 Å². The molecule has 0 aliphatic carbocycles. The van der Waals surface area contributed by atoms with E-state index in [2.05, 4.69) is 15.5 Å². The van der Waals surface area contributed by atoms with Crippen LogP contribution < -0.4 is 14.8 Å². The van der Waals surface area contributed by atoms with Gasteiger partial charge in [0.15, 0.2) is 11.5 Å². The van der Waals surface area contributed by atoms with Crippen LogP contribution in [-0.2, 0) is 14.6 Å². The molecule has 0 saturated carbocycles. The summed E-state index contributed by atoms with van der Waals surface area (Å²) >= 11 is 0.674. The van der Waals surface area contributed by atoms with Crippen LogP contribution in [0, 0.1) is 17.1 Å². The van der Waals surface area contributed by atoms with Crippen LogP contribution in [0.1, 0.15) is 29.8 Å². The maximum absolute atomic E-state index is 13.1. The van der Waals surface area contributed by atoms with Gasteiger partial charge in [-0.3, -0.25) is 10.1 Å². The van der Waals surface area contributed by atoms with Gasteiger partial charge in [0.05, 0.1) is 17.9 Å². The van der Waals surface area contributed by atoms with E-state index in [1.807, 2.05) is 0 Å². The first-order valence-corrected chi connectivity index (χ1v) is 12.9. The highest BCUT2D eigenvalue weighted by atomic mass is 32.2. The number of hydrogen-bond acceptors (Lipinski definition) is 10. The Hall–Kier alpha value is -4.15. The summed E-state index contributed by atoms with van der Waals surface area (Å²) in [5, 5.41) is 18.9. The summed E-state index contributed by atoms with van der Waals surface area (Å²) in [5.74, 6) is -1.94. The Morgan fingerprint density at radius 3 is 2.50 bits per heavy atom. The maximum Gasteiger partial charge on any atom is 0.343 e. The van der Waals surface area contributed by atoms with E-state index in [-0.39, 0.29) is 44.5 Å². The van der Waals surface area contributed by atoms with E-state index in [1.165, 1.54) is 43.3 Å². The van der Waals surface area contributed by atoms with Crippen LogP contribution in [0.3, 0.4) is 0 Å². The standard InChI is InChI=1S/C23H19FN4O6S2/c1-3-33-19-12-14(5-10-18(19)34-21(30)15-6-8-17(24)9-7-15)11-16(13-25)20(29)26-22-27-28-23(35-22)36(31,32)4-2/h5-12H,3-4H2,1-2H3,(H,26,27,29)/b16-11-. The largest absolute Gasteiger partial charge is 0.490 e. The number of hydrogen-bond donors (Lipinski definition) is 1. The summed E-state index contributed by atoms with van der Waals surface area (Å²) in [6.07, 6.45) is 1.27. The van der Waals surface area contributed by atoms with Gasteiger partial charge in [0.25, 0.3) is 5.91 Å². The van der Waals surface area contributed by atoms with E-state index in [4.69, 9.17) is 9.47 Å². The molecule has 0 unspecified atom stereocenters. The minimum absolute atomic E-state index is 0.0776. The molecule has 0 radical (unpaired) electrons. The van der Waals surface area contributed by atoms with E-state index >= 15 is 0 Å². The van der Waals surface area contributed by atoms with Crippen molar-refractivity contribution in [2.24, 2.45) is 0 Å². The second-order valence-electron chi connectivity index (χ2n) is 6.94. The Morgan fingerprint density at radius 2 is 1.86 bits per heavy atom. The lowest BCUT2D eigenvalue weighted by atomic mass is 10.1. The molecule has 2 aromatic carbocycles. The number of sulfone groups is 1. The molecule has 186 valence electrons. The number of halogens is 1. The SMILES string of the molecule is CCOc1cc(/C=C(/C#N)C(=O)Nc2nnc(S(=O)(=O)CC)s2)ccc1OC(=O)c1ccc(F)cc1. The van der Waals surface area contributed by atoms with Gasteiger partial charge in [0.1, 0.15) is 17.5 Å². The number of carbonyl (C=O) groups is 2. The normalized spacial score (nSPS) is 11.4. The van der Waals surface area contributed by atoms with E-state index in [0.717, 1.165) is 12.1 Å². The van der Waals surface area contributed by atoms with E-state index in [1.54, 1.807) is 13.0 Å². The maximum atomic E-state index is 13.1. The highest BCUT2D eigenvalue weighted by molar-refractivity contribution is 7.93. The number of anilines is 1. The van der Waals surface area contributed by atoms with Crippen molar-refractivity contribution >= 4 is 44.3 Å². The first-order valence-electron chi connectivity index (χ1n) is 10.4. The fraction of sp³-hybridized carbons (Fsp3) is 0.174. The zero-order valence-electron chi connectivity index (χ0n) is 19.0. The highest BCUT2D eigenvalue weighted by Crippen LogP contribution is 2.30. The topological polar surface area (TPSA) is 148 Å². The summed E-state index contributed by atoms with van der Waals surface area (Å²) in [6, 6.07) is 11.0. The van der Waals surface area contributed by atoms with Crippen LogP contribution in [-0.4, -0.2) is 42.9 Å². The molecule has 36 heavy (non-hydrogen) atoms. The third-order valence-corrected chi connectivity index (χ3v) is 7.52. The molecule has 0 spiro atoms. The van der Waals surface area contributed by atoms with Crippen molar-refractivity contribution in [2.75, 3.05) is 17.7 Å². The third-order valence-electron chi connectivity index (χ3n) is 4.50. The summed E-state index contributed by atoms with van der Waals surface area (Å²) in [4.78, 5) is 24.9. The van der Waals surface area contributed by atoms with Crippen LogP contribution in [0.15, 0.2) is 52.4 Å². The Bertz CT molecular complexity index is 1460. The number of nitrogens with zero attached hydrogens (tertiary/aromatic N) is 3. The van der Waals surface area contributed by atoms with Gasteiger partial charge >= 0.3 is 5.97 Å². The van der Waals surface area contributed by atoms with Crippen molar-refractivity contribution in [3.63, 3.8) is 0 Å². The lowest BCUT2D eigenvalue weighted by Crippen LogP contribution is -2.13. The highest BCUT2D eigenvalue weighted by Gasteiger charge is 2.20. The van der Waals surface area contributed by atoms with E-state index in [9.17, 15) is 27.7 Å². The molecule has 1 aromatic heterocycles. The molecule has 1 N–H and O–H groups in total. The fourth-order valence-electron chi connectivity index (χ4n) is 2.70. The summed E-state index contributed by atoms with van der Waals surface area (Å²) < 4.78 is 47.5. The van der Waals surface area contributed by atoms with Gasteiger partial charge in [-0.25, -0.2) is 17.6 Å². The fourth-order valence-corrected chi connectivity index (χ4v) is 4.68. The van der Waals surface area contributed by atoms with Crippen LogP contribution >= 0.6 is 11.3 Å². The average Bonchev–Trinajstić information content (AvgIpc) is 3.33. The van der Waals surface area contributed by atoms with Crippen molar-refractivity contribution in [1.82, 2.24) is 10.2 Å². The molecule has 10 nitrogen and oxygen atoms in total. The predicted octanol–water partition coefficient (Wildman–Crippen LogP) is 3.63. The number of aromatic nitrogens is 2. The van der Waals surface area contributed by atoms with E-state index in [0.29, 0.717) is 16.9 Å². The number of nitrogens with one attached hydrogen (secondary N) is 1. The minimum atomic E-state index is -3.58. The van der Waals surface area contributed by atoms with Crippen LogP contribution in [0.5, 0.6) is 11.5 Å². The second kappa shape index (κ2) is 11.5. The molecule has 0 fully saturated rings. The average molecular weight is 531 g/mol. The Kier molecular flexibility index (Phi) is 8.46. The predicted molar refractivity (Wildman–Crippen MR) is 129 cm³/mol. The number of esters is 1. The van der Waals surface area contributed by atoms with Gasteiger partial charge < -0.3 is 9.47 Å². The first kappa shape index (κ1) is 26.5. The zero-order valence-corrected chi connectivity index (χ0v) is 20.7. The van der Waals surface area contributed by atoms with Gasteiger partial charge in [-0.15, -0.1) is 10.2 Å². The second-order valence-corrected chi connectivity index (χ2v) is 10.4. The summed E-state index contributed by atoms with van der Waals surface area (Å²) in [7, 11) is -3.58. The Balaban J connectivity index is 1.81. The zero-order chi connectivity index (χ0) is 26.3. The van der Waals surface area contributed by atoms with Crippen molar-refractivity contribution in [3.05, 3.63) is 65.0 Å². The third kappa shape index (κ3) is 6.49. The number of carbonyl (C=O) groups excluding carboxylic acids is 2. The number of benzene rings is 2. The van der Waals surface area contributed by atoms with Crippen molar-refractivity contribution in [2.45, 2.75) is 18.2 Å². The molecule has 3 aromatic rings. The molecule has 0 saturated heterocycles. The monoisotopic (exact) mass is 530 g/mol. The summed E-state index contributed by atoms with van der Waals surface area (Å²) in [6.45, 7) is 3.41. The van der Waals surface area contributed by atoms with Crippen LogP contribution in [0.4, 0.5) is 9.52 Å². The molecular formula is C23H19FN4O6S2. The smallest absolute Gasteiger partial charge is 0.343 e. The quantitative estimate of drug-likeness (QED) is 0.144. The number of rotatable bonds is 9. The molecule has 0 atom stereocenters. The minimum Gasteiger partial charge on any atom is -0.490 e. The van der Waals surface area contributed by atoms with Gasteiger partial charge in [-0.1, -0.05) is 24.3 Å². The molecule has 0 bridgehead atoms. The molecule has 3 rings (SSSR count). The summed E-state index contributed by atoms with van der Waals surface area (Å²) in [5.41, 5.74) is 0.222. The lowest BCUT2D eigenvalue weighted by Gasteiger charge is -2.11. The number of nitriles is 1. The van der Waals surface area contributed by atoms with E-state index < -0.39 is 27.5 Å². The van der Waals surface area contributed by atoms with Crippen molar-refractivity contribution < 1.29 is 31.9 Å². The first-order chi connectivity index (χ1) is 17.2. The molecule has 1 heterocycles. The number of ether oxygens (including phenoxy) is 2. The molecule has 0 aliphatic heterocycles. The van der Waals surface area contributed by atoms with Crippen LogP contribution in [0.25, 0.3) is 6.08 Å². The van der Waals surface area contributed by atoms with Gasteiger partial charge in [0.2, 0.25) is 19.3 Å². The van der Waals surface area contributed by atoms with Gasteiger partial charge in [-0.2, -0.15) is 5.26 Å². The number of amides is 1. The van der Waals surface area contributed by atoms with Crippen molar-refractivity contribution in [3.8, 4) is 17.6 Å². The Morgan fingerprint density at radius 1 is 1.14 bits per heavy atom.